The zero-order valence-electron chi connectivity index (χ0n) is 14.6. The van der Waals surface area contributed by atoms with Gasteiger partial charge in [0.2, 0.25) is 5.56 Å². The highest BCUT2D eigenvalue weighted by Gasteiger charge is 2.18. The van der Waals surface area contributed by atoms with Gasteiger partial charge in [-0.2, -0.15) is 5.10 Å². The van der Waals surface area contributed by atoms with Gasteiger partial charge in [-0.1, -0.05) is 18.2 Å². The number of para-hydroxylation sites is 1. The van der Waals surface area contributed by atoms with Gasteiger partial charge in [0.05, 0.1) is 19.9 Å². The molecule has 0 saturated carbocycles. The minimum absolute atomic E-state index is 0.221. The molecule has 0 aliphatic rings. The first kappa shape index (κ1) is 17.0. The summed E-state index contributed by atoms with van der Waals surface area (Å²) in [6, 6.07) is 14.5. The quantitative estimate of drug-likeness (QED) is 0.530. The van der Waals surface area contributed by atoms with Crippen LogP contribution in [0.5, 0.6) is 11.5 Å². The predicted octanol–water partition coefficient (Wildman–Crippen LogP) is 3.46. The topological polar surface area (TPSA) is 84.9 Å². The number of ether oxygens (including phenoxy) is 2. The second-order valence-electron chi connectivity index (χ2n) is 5.82. The van der Waals surface area contributed by atoms with Crippen LogP contribution in [0.2, 0.25) is 0 Å². The molecule has 4 rings (SSSR count). The lowest BCUT2D eigenvalue weighted by atomic mass is 10.1. The summed E-state index contributed by atoms with van der Waals surface area (Å²) in [6.45, 7) is 0. The maximum absolute atomic E-state index is 12.2. The number of methoxy groups -OCH3 is 2. The number of aromatic nitrogens is 4. The van der Waals surface area contributed by atoms with Gasteiger partial charge < -0.3 is 14.5 Å². The van der Waals surface area contributed by atoms with Gasteiger partial charge in [0, 0.05) is 28.6 Å². The highest BCUT2D eigenvalue weighted by Crippen LogP contribution is 2.32. The fraction of sp³-hybridized carbons (Fsp3) is 0.105. The molecule has 2 heterocycles. The Morgan fingerprint density at radius 3 is 2.67 bits per heavy atom. The summed E-state index contributed by atoms with van der Waals surface area (Å²) in [5, 5.41) is 8.05. The van der Waals surface area contributed by atoms with Crippen LogP contribution >= 0.6 is 12.2 Å². The second kappa shape index (κ2) is 6.73. The van der Waals surface area contributed by atoms with Crippen LogP contribution in [0.1, 0.15) is 0 Å². The Balaban J connectivity index is 2.06. The average molecular weight is 380 g/mol. The molecule has 8 heteroatoms. The lowest BCUT2D eigenvalue weighted by molar-refractivity contribution is 0.401. The Kier molecular flexibility index (Phi) is 4.25. The molecule has 136 valence electrons. The molecule has 0 fully saturated rings. The minimum atomic E-state index is -0.221. The molecule has 0 bridgehead atoms. The van der Waals surface area contributed by atoms with E-state index in [-0.39, 0.29) is 5.56 Å². The number of aromatic amines is 2. The smallest absolute Gasteiger partial charge is 0.249 e. The van der Waals surface area contributed by atoms with E-state index in [2.05, 4.69) is 15.2 Å². The Bertz CT molecular complexity index is 1260. The standard InChI is InChI=1S/C19H16N4O3S/c1-25-11-7-8-16(26-2)15(9-11)23-18(21-22-19(23)27)13-10-17(24)20-14-6-4-3-5-12(13)14/h3-10H,1-2H3,(H,20,24)(H,22,27). The Morgan fingerprint density at radius 1 is 1.07 bits per heavy atom. The normalized spacial score (nSPS) is 10.9. The van der Waals surface area contributed by atoms with E-state index in [0.29, 0.717) is 33.3 Å². The summed E-state index contributed by atoms with van der Waals surface area (Å²) >= 11 is 5.46. The molecule has 4 aromatic rings. The summed E-state index contributed by atoms with van der Waals surface area (Å²) in [6.07, 6.45) is 0. The van der Waals surface area contributed by atoms with Crippen molar-refractivity contribution in [3.63, 3.8) is 0 Å². The van der Waals surface area contributed by atoms with Gasteiger partial charge in [-0.05, 0) is 30.4 Å². The number of nitrogens with one attached hydrogen (secondary N) is 2. The van der Waals surface area contributed by atoms with E-state index in [0.717, 1.165) is 10.9 Å². The largest absolute Gasteiger partial charge is 0.497 e. The lowest BCUT2D eigenvalue weighted by Crippen LogP contribution is -2.07. The van der Waals surface area contributed by atoms with Crippen molar-refractivity contribution in [2.75, 3.05) is 14.2 Å². The summed E-state index contributed by atoms with van der Waals surface area (Å²) in [4.78, 5) is 15.0. The number of H-pyrrole nitrogens is 2. The lowest BCUT2D eigenvalue weighted by Gasteiger charge is -2.13. The van der Waals surface area contributed by atoms with Crippen LogP contribution in [0, 0.1) is 4.77 Å². The fourth-order valence-electron chi connectivity index (χ4n) is 3.06. The van der Waals surface area contributed by atoms with E-state index in [1.54, 1.807) is 30.9 Å². The molecule has 0 radical (unpaired) electrons. The average Bonchev–Trinajstić information content (AvgIpc) is 3.07. The van der Waals surface area contributed by atoms with Gasteiger partial charge in [0.1, 0.15) is 11.5 Å². The molecule has 0 aliphatic carbocycles. The van der Waals surface area contributed by atoms with Crippen LogP contribution in [-0.2, 0) is 0 Å². The van der Waals surface area contributed by atoms with Gasteiger partial charge in [0.25, 0.3) is 0 Å². The third-order valence-corrected chi connectivity index (χ3v) is 4.56. The van der Waals surface area contributed by atoms with Crippen LogP contribution in [0.15, 0.2) is 53.3 Å². The van der Waals surface area contributed by atoms with Gasteiger partial charge >= 0.3 is 0 Å². The molecule has 2 aromatic carbocycles. The van der Waals surface area contributed by atoms with Crippen molar-refractivity contribution in [2.45, 2.75) is 0 Å². The highest BCUT2D eigenvalue weighted by atomic mass is 32.1. The van der Waals surface area contributed by atoms with E-state index in [1.165, 1.54) is 6.07 Å². The van der Waals surface area contributed by atoms with Crippen molar-refractivity contribution in [3.05, 3.63) is 63.7 Å². The number of hydrogen-bond donors (Lipinski definition) is 2. The van der Waals surface area contributed by atoms with E-state index < -0.39 is 0 Å². The molecule has 2 N–H and O–H groups in total. The number of fused-ring (bicyclic) bond motifs is 1. The molecule has 0 amide bonds. The number of nitrogens with zero attached hydrogens (tertiary/aromatic N) is 2. The third kappa shape index (κ3) is 2.89. The summed E-state index contributed by atoms with van der Waals surface area (Å²) < 4.78 is 12.9. The molecular weight excluding hydrogens is 364 g/mol. The number of benzene rings is 2. The summed E-state index contributed by atoms with van der Waals surface area (Å²) in [5.41, 5.74) is 1.82. The molecule has 0 spiro atoms. The molecule has 2 aromatic heterocycles. The zero-order chi connectivity index (χ0) is 19.0. The predicted molar refractivity (Wildman–Crippen MR) is 105 cm³/mol. The maximum Gasteiger partial charge on any atom is 0.249 e. The first-order chi connectivity index (χ1) is 13.1. The molecule has 0 saturated heterocycles. The van der Waals surface area contributed by atoms with Crippen molar-refractivity contribution in [1.82, 2.24) is 19.7 Å². The van der Waals surface area contributed by atoms with Crippen molar-refractivity contribution in [3.8, 4) is 28.6 Å². The molecule has 7 nitrogen and oxygen atoms in total. The molecular formula is C19H16N4O3S. The zero-order valence-corrected chi connectivity index (χ0v) is 15.5. The van der Waals surface area contributed by atoms with Gasteiger partial charge in [-0.25, -0.2) is 0 Å². The Hall–Kier alpha value is -3.39. The van der Waals surface area contributed by atoms with Crippen LogP contribution < -0.4 is 15.0 Å². The monoisotopic (exact) mass is 380 g/mol. The van der Waals surface area contributed by atoms with Gasteiger partial charge in [-0.15, -0.1) is 0 Å². The van der Waals surface area contributed by atoms with Gasteiger partial charge in [0.15, 0.2) is 10.6 Å². The number of hydrogen-bond acceptors (Lipinski definition) is 5. The number of rotatable bonds is 4. The van der Waals surface area contributed by atoms with E-state index >= 15 is 0 Å². The van der Waals surface area contributed by atoms with Gasteiger partial charge in [-0.3, -0.25) is 14.5 Å². The van der Waals surface area contributed by atoms with E-state index in [4.69, 9.17) is 21.7 Å². The number of pyridine rings is 1. The van der Waals surface area contributed by atoms with E-state index in [1.807, 2.05) is 30.3 Å². The van der Waals surface area contributed by atoms with Crippen LogP contribution in [-0.4, -0.2) is 34.0 Å². The van der Waals surface area contributed by atoms with Crippen LogP contribution in [0.25, 0.3) is 28.0 Å². The molecule has 0 aliphatic heterocycles. The van der Waals surface area contributed by atoms with Crippen molar-refractivity contribution in [2.24, 2.45) is 0 Å². The second-order valence-corrected chi connectivity index (χ2v) is 6.21. The Labute approximate surface area is 159 Å². The third-order valence-electron chi connectivity index (χ3n) is 4.29. The highest BCUT2D eigenvalue weighted by molar-refractivity contribution is 7.71. The first-order valence-electron chi connectivity index (χ1n) is 8.14. The first-order valence-corrected chi connectivity index (χ1v) is 8.55. The van der Waals surface area contributed by atoms with Crippen LogP contribution in [0.3, 0.4) is 0 Å². The molecule has 0 unspecified atom stereocenters. The maximum atomic E-state index is 12.2. The fourth-order valence-corrected chi connectivity index (χ4v) is 3.29. The molecule has 27 heavy (non-hydrogen) atoms. The molecule has 0 atom stereocenters. The summed E-state index contributed by atoms with van der Waals surface area (Å²) in [7, 11) is 3.17. The Morgan fingerprint density at radius 2 is 1.89 bits per heavy atom. The summed E-state index contributed by atoms with van der Waals surface area (Å²) in [5.74, 6) is 1.76. The van der Waals surface area contributed by atoms with Crippen molar-refractivity contribution < 1.29 is 9.47 Å². The van der Waals surface area contributed by atoms with Crippen molar-refractivity contribution in [1.29, 1.82) is 0 Å². The SMILES string of the molecule is COc1ccc(OC)c(-n2c(-c3cc(=O)[nH]c4ccccc34)n[nH]c2=S)c1. The minimum Gasteiger partial charge on any atom is -0.497 e. The van der Waals surface area contributed by atoms with Crippen molar-refractivity contribution >= 4 is 23.1 Å². The van der Waals surface area contributed by atoms with Crippen LogP contribution in [0.4, 0.5) is 0 Å². The van der Waals surface area contributed by atoms with E-state index in [9.17, 15) is 4.79 Å².